The molecule has 4 aliphatic carbocycles. The molecule has 6 aromatic carbocycles. The Morgan fingerprint density at radius 1 is 0.333 bits per heavy atom. The van der Waals surface area contributed by atoms with Gasteiger partial charge in [0.05, 0.1) is 5.69 Å². The molecule has 388 valence electrons. The van der Waals surface area contributed by atoms with Crippen LogP contribution in [0.4, 0.5) is 38.5 Å². The molecule has 14 rings (SSSR count). The van der Waals surface area contributed by atoms with Gasteiger partial charge in [-0.05, 0) is 221 Å². The molecule has 4 bridgehead atoms. The molecule has 0 saturated heterocycles. The van der Waals surface area contributed by atoms with Crippen LogP contribution in [-0.4, -0.2) is 6.71 Å². The van der Waals surface area contributed by atoms with Gasteiger partial charge in [-0.2, -0.15) is 0 Å². The second-order valence-electron chi connectivity index (χ2n) is 31.0. The highest BCUT2D eigenvalue weighted by Crippen LogP contribution is 2.58. The fourth-order valence-corrected chi connectivity index (χ4v) is 16.0. The number of fused-ring (bicyclic) bond motifs is 10. The molecule has 0 unspecified atom stereocenters. The van der Waals surface area contributed by atoms with E-state index in [9.17, 15) is 0 Å². The van der Waals surface area contributed by atoms with Gasteiger partial charge in [-0.1, -0.05) is 155 Å². The van der Waals surface area contributed by atoms with Gasteiger partial charge in [0.15, 0.2) is 0 Å². The smallest absolute Gasteiger partial charge is 0.252 e. The van der Waals surface area contributed by atoms with Crippen LogP contribution in [0.25, 0.3) is 11.1 Å². The summed E-state index contributed by atoms with van der Waals surface area (Å²) in [5, 5.41) is 0. The van der Waals surface area contributed by atoms with Crippen LogP contribution in [-0.2, 0) is 48.7 Å². The Morgan fingerprint density at radius 3 is 1.19 bits per heavy atom. The van der Waals surface area contributed by atoms with Crippen molar-refractivity contribution < 1.29 is 4.39 Å². The highest BCUT2D eigenvalue weighted by Gasteiger charge is 2.51. The summed E-state index contributed by atoms with van der Waals surface area (Å²) in [5.74, 6) is -0.151. The van der Waals surface area contributed by atoms with Gasteiger partial charge in [0.1, 0.15) is 5.82 Å². The van der Waals surface area contributed by atoms with Gasteiger partial charge in [0.2, 0.25) is 0 Å². The summed E-state index contributed by atoms with van der Waals surface area (Å²) in [6.07, 6.45) is 9.09. The molecule has 4 heterocycles. The highest BCUT2D eigenvalue weighted by molar-refractivity contribution is 7.00. The molecule has 0 fully saturated rings. The fraction of sp³-hybridized carbons (Fsp3) is 0.493. The zero-order chi connectivity index (χ0) is 53.5. The first-order chi connectivity index (χ1) is 34.8. The first-order valence-electron chi connectivity index (χ1n) is 29.1. The quantitative estimate of drug-likeness (QED) is 0.151. The number of anilines is 6. The summed E-state index contributed by atoms with van der Waals surface area (Å²) < 4.78 is 17.8. The van der Waals surface area contributed by atoms with Crippen molar-refractivity contribution in [1.82, 2.24) is 0 Å². The summed E-state index contributed by atoms with van der Waals surface area (Å²) in [6, 6.07) is 34.6. The van der Waals surface area contributed by atoms with Crippen LogP contribution in [0.1, 0.15) is 232 Å². The minimum absolute atomic E-state index is 0.00714. The molecule has 0 N–H and O–H groups in total. The van der Waals surface area contributed by atoms with E-state index in [0.29, 0.717) is 5.56 Å². The first-order valence-corrected chi connectivity index (χ1v) is 29.1. The van der Waals surface area contributed by atoms with Gasteiger partial charge < -0.3 is 9.80 Å². The van der Waals surface area contributed by atoms with Crippen LogP contribution < -0.4 is 26.2 Å². The van der Waals surface area contributed by atoms with Gasteiger partial charge in [-0.25, -0.2) is 4.39 Å². The van der Waals surface area contributed by atoms with E-state index in [1.54, 1.807) is 0 Å². The lowest BCUT2D eigenvalue weighted by atomic mass is 9.32. The second kappa shape index (κ2) is 14.9. The minimum Gasteiger partial charge on any atom is -0.311 e. The van der Waals surface area contributed by atoms with Crippen molar-refractivity contribution in [3.63, 3.8) is 0 Å². The maximum atomic E-state index is 17.8. The average Bonchev–Trinajstić information content (AvgIpc) is 3.40. The second-order valence-corrected chi connectivity index (χ2v) is 31.0. The summed E-state index contributed by atoms with van der Waals surface area (Å²) in [5.41, 5.74) is 26.4. The van der Waals surface area contributed by atoms with Crippen LogP contribution in [0, 0.1) is 5.82 Å². The molecule has 0 saturated carbocycles. The van der Waals surface area contributed by atoms with E-state index >= 15 is 4.39 Å². The minimum atomic E-state index is -0.538. The third-order valence-corrected chi connectivity index (χ3v) is 22.0. The van der Waals surface area contributed by atoms with Crippen molar-refractivity contribution in [3.05, 3.63) is 146 Å². The van der Waals surface area contributed by atoms with Crippen LogP contribution in [0.3, 0.4) is 0 Å². The number of nitrogens with zero attached hydrogens (tertiary/aromatic N) is 2. The Balaban J connectivity index is 1.24. The predicted molar refractivity (Wildman–Crippen MR) is 319 cm³/mol. The Kier molecular flexibility index (Phi) is 9.85. The zero-order valence-corrected chi connectivity index (χ0v) is 49.1. The molecular formula is C71H84BFN2. The number of hydrogen-bond donors (Lipinski definition) is 0. The van der Waals surface area contributed by atoms with E-state index in [4.69, 9.17) is 0 Å². The number of halogens is 1. The molecule has 8 aliphatic rings. The van der Waals surface area contributed by atoms with E-state index < -0.39 is 5.41 Å². The van der Waals surface area contributed by atoms with Gasteiger partial charge in [-0.15, -0.1) is 0 Å². The van der Waals surface area contributed by atoms with Crippen molar-refractivity contribution >= 4 is 57.2 Å². The maximum absolute atomic E-state index is 17.8. The standard InChI is InChI=1S/C71H84BFN2/c1-63(2)23-24-64(3,4)47-34-43(20-22-46(47)63)74-58-39-52-49(66(7,8)26-29-69(52,13)14)36-54(58)72-55-37-50-53(70(15,16)30-27-67(50,9)10)40-59(55)75-57-38-51-48(65(5,6)25-28-68(51,11)12)35-45(57)44-21-19-41(31-56(44)73)71(17,18)42-32-60(74)62(72)61(75)33-42/h19-22,31-40H,23-30H2,1-18H3. The Labute approximate surface area is 451 Å². The molecule has 4 heteroatoms. The van der Waals surface area contributed by atoms with Crippen LogP contribution >= 0.6 is 0 Å². The van der Waals surface area contributed by atoms with Gasteiger partial charge in [0.25, 0.3) is 6.71 Å². The lowest BCUT2D eigenvalue weighted by Gasteiger charge is -2.50. The summed E-state index contributed by atoms with van der Waals surface area (Å²) in [6.45, 7) is 44.1. The average molecular weight is 995 g/mol. The zero-order valence-electron chi connectivity index (χ0n) is 49.1. The third kappa shape index (κ3) is 6.81. The molecule has 0 spiro atoms. The molecule has 4 aliphatic heterocycles. The van der Waals surface area contributed by atoms with E-state index in [1.807, 2.05) is 6.07 Å². The number of benzene rings is 6. The molecule has 0 radical (unpaired) electrons. The van der Waals surface area contributed by atoms with E-state index in [1.165, 1.54) is 101 Å². The fourth-order valence-electron chi connectivity index (χ4n) is 16.0. The highest BCUT2D eigenvalue weighted by atomic mass is 19.1. The molecular weight excluding hydrogens is 911 g/mol. The molecule has 75 heavy (non-hydrogen) atoms. The summed E-state index contributed by atoms with van der Waals surface area (Å²) in [7, 11) is 0. The Bertz CT molecular complexity index is 3520. The monoisotopic (exact) mass is 995 g/mol. The van der Waals surface area contributed by atoms with E-state index in [-0.39, 0.29) is 55.8 Å². The van der Waals surface area contributed by atoms with Crippen LogP contribution in [0.15, 0.2) is 84.9 Å². The Hall–Kier alpha value is -5.09. The van der Waals surface area contributed by atoms with Crippen molar-refractivity contribution in [3.8, 4) is 11.1 Å². The molecule has 0 atom stereocenters. The van der Waals surface area contributed by atoms with Crippen LogP contribution in [0.5, 0.6) is 0 Å². The SMILES string of the molecule is CC1(C)CCC(C)(C)c2cc(N3c4cc5c(cc4B4c6cc7c(cc6N6c8cc9c(cc8-c8ccc(cc8F)C(C)(C)c8cc3c4c6c8)C(C)(C)CCC9(C)C)C(C)(C)CCC7(C)C)C(C)(C)CCC5(C)C)ccc21. The van der Waals surface area contributed by atoms with Gasteiger partial charge in [0, 0.05) is 45.0 Å². The van der Waals surface area contributed by atoms with Crippen LogP contribution in [0.2, 0.25) is 0 Å². The topological polar surface area (TPSA) is 6.48 Å². The van der Waals surface area contributed by atoms with Crippen molar-refractivity contribution in [1.29, 1.82) is 0 Å². The van der Waals surface area contributed by atoms with E-state index in [0.717, 1.165) is 61.8 Å². The number of hydrogen-bond acceptors (Lipinski definition) is 2. The molecule has 6 aromatic rings. The largest absolute Gasteiger partial charge is 0.311 e. The van der Waals surface area contributed by atoms with Crippen molar-refractivity contribution in [2.75, 3.05) is 9.80 Å². The Morgan fingerprint density at radius 2 is 0.720 bits per heavy atom. The normalized spacial score (nSPS) is 23.1. The van der Waals surface area contributed by atoms with Gasteiger partial charge in [-0.3, -0.25) is 0 Å². The summed E-state index contributed by atoms with van der Waals surface area (Å²) in [4.78, 5) is 5.40. The van der Waals surface area contributed by atoms with Crippen molar-refractivity contribution in [2.24, 2.45) is 0 Å². The van der Waals surface area contributed by atoms with Crippen molar-refractivity contribution in [2.45, 2.75) is 225 Å². The maximum Gasteiger partial charge on any atom is 0.252 e. The predicted octanol–water partition coefficient (Wildman–Crippen LogP) is 17.6. The third-order valence-electron chi connectivity index (χ3n) is 22.0. The van der Waals surface area contributed by atoms with E-state index in [2.05, 4.69) is 213 Å². The van der Waals surface area contributed by atoms with Gasteiger partial charge >= 0.3 is 0 Å². The molecule has 0 amide bonds. The summed E-state index contributed by atoms with van der Waals surface area (Å²) >= 11 is 0. The lowest BCUT2D eigenvalue weighted by molar-refractivity contribution is 0.332. The molecule has 2 nitrogen and oxygen atoms in total. The number of rotatable bonds is 1. The first kappa shape index (κ1) is 49.5. The molecule has 0 aromatic heterocycles. The lowest BCUT2D eigenvalue weighted by Crippen LogP contribution is -2.62.